The van der Waals surface area contributed by atoms with E-state index in [1.165, 1.54) is 12.1 Å². The summed E-state index contributed by atoms with van der Waals surface area (Å²) in [6, 6.07) is 11.2. The number of hydrogen-bond donors (Lipinski definition) is 1. The maximum atomic E-state index is 13.9. The molecular formula is C26H26FN5O2. The number of ether oxygens (including phenoxy) is 2. The molecule has 1 N–H and O–H groups in total. The van der Waals surface area contributed by atoms with Gasteiger partial charge in [0.1, 0.15) is 5.82 Å². The van der Waals surface area contributed by atoms with Crippen LogP contribution in [-0.2, 0) is 14.9 Å². The molecule has 0 saturated carbocycles. The average Bonchev–Trinajstić information content (AvgIpc) is 3.48. The van der Waals surface area contributed by atoms with E-state index in [2.05, 4.69) is 52.0 Å². The topological polar surface area (TPSA) is 69.9 Å². The van der Waals surface area contributed by atoms with Crippen LogP contribution in [0.2, 0.25) is 0 Å². The van der Waals surface area contributed by atoms with Gasteiger partial charge in [0.15, 0.2) is 0 Å². The van der Waals surface area contributed by atoms with E-state index in [9.17, 15) is 4.39 Å². The summed E-state index contributed by atoms with van der Waals surface area (Å²) in [5, 5.41) is 14.1. The molecule has 0 spiro atoms. The number of hydrogen-bond acceptors (Lipinski definition) is 4. The minimum absolute atomic E-state index is 0.258. The second kappa shape index (κ2) is 7.78. The van der Waals surface area contributed by atoms with Crippen LogP contribution in [0.5, 0.6) is 0 Å². The lowest BCUT2D eigenvalue weighted by atomic mass is 9.85. The Morgan fingerprint density at radius 3 is 2.68 bits per heavy atom. The zero-order chi connectivity index (χ0) is 23.4. The Morgan fingerprint density at radius 2 is 1.97 bits per heavy atom. The van der Waals surface area contributed by atoms with Crippen molar-refractivity contribution in [3.8, 4) is 16.8 Å². The summed E-state index contributed by atoms with van der Waals surface area (Å²) >= 11 is 0. The molecule has 5 aromatic rings. The van der Waals surface area contributed by atoms with Crippen LogP contribution in [-0.4, -0.2) is 51.5 Å². The molecule has 6 rings (SSSR count). The Balaban J connectivity index is 1.71. The fourth-order valence-corrected chi connectivity index (χ4v) is 4.99. The van der Waals surface area contributed by atoms with Crippen LogP contribution in [0.3, 0.4) is 0 Å². The van der Waals surface area contributed by atoms with Gasteiger partial charge in [-0.25, -0.2) is 4.39 Å². The normalized spacial score (nSPS) is 14.8. The van der Waals surface area contributed by atoms with Gasteiger partial charge in [0, 0.05) is 52.0 Å². The molecule has 0 amide bonds. The fourth-order valence-electron chi connectivity index (χ4n) is 4.99. The van der Waals surface area contributed by atoms with Crippen molar-refractivity contribution in [2.24, 2.45) is 0 Å². The van der Waals surface area contributed by atoms with Gasteiger partial charge in [-0.1, -0.05) is 13.8 Å². The minimum Gasteiger partial charge on any atom is -0.384 e. The standard InChI is InChI=1S/C26H26FN5O2/c1-26(2,15-33-3)25-24(17-11-29-31(12-17)20-13-34-14-20)21-9-22-16(10-28-30-22)8-23(21)32(25)19-6-4-18(27)5-7-19/h4-12,20H,13-15H2,1-3H3,(H,28,30). The lowest BCUT2D eigenvalue weighted by molar-refractivity contribution is -0.0286. The summed E-state index contributed by atoms with van der Waals surface area (Å²) in [7, 11) is 1.72. The monoisotopic (exact) mass is 459 g/mol. The van der Waals surface area contributed by atoms with Crippen LogP contribution in [0.1, 0.15) is 25.6 Å². The molecule has 0 unspecified atom stereocenters. The molecule has 1 saturated heterocycles. The molecular weight excluding hydrogens is 433 g/mol. The van der Waals surface area contributed by atoms with Gasteiger partial charge in [-0.05, 0) is 36.4 Å². The van der Waals surface area contributed by atoms with E-state index >= 15 is 0 Å². The number of nitrogens with one attached hydrogen (secondary N) is 1. The number of halogens is 1. The first-order chi connectivity index (χ1) is 16.5. The van der Waals surface area contributed by atoms with Crippen molar-refractivity contribution < 1.29 is 13.9 Å². The summed E-state index contributed by atoms with van der Waals surface area (Å²) < 4.78 is 29.1. The minimum atomic E-state index is -0.356. The highest BCUT2D eigenvalue weighted by atomic mass is 19.1. The molecule has 8 heteroatoms. The molecule has 1 aliphatic heterocycles. The van der Waals surface area contributed by atoms with Crippen LogP contribution < -0.4 is 0 Å². The van der Waals surface area contributed by atoms with Crippen LogP contribution in [0.25, 0.3) is 38.6 Å². The number of H-pyrrole nitrogens is 1. The Bertz CT molecular complexity index is 1490. The molecule has 0 atom stereocenters. The smallest absolute Gasteiger partial charge is 0.123 e. The number of methoxy groups -OCH3 is 1. The quantitative estimate of drug-likeness (QED) is 0.388. The van der Waals surface area contributed by atoms with Crippen molar-refractivity contribution in [3.63, 3.8) is 0 Å². The van der Waals surface area contributed by atoms with Crippen LogP contribution in [0.15, 0.2) is 55.0 Å². The van der Waals surface area contributed by atoms with Gasteiger partial charge < -0.3 is 14.0 Å². The number of benzene rings is 2. The molecule has 1 fully saturated rings. The molecule has 7 nitrogen and oxygen atoms in total. The third kappa shape index (κ3) is 3.25. The van der Waals surface area contributed by atoms with Gasteiger partial charge in [-0.3, -0.25) is 9.78 Å². The van der Waals surface area contributed by atoms with E-state index < -0.39 is 0 Å². The molecule has 4 heterocycles. The van der Waals surface area contributed by atoms with E-state index in [1.54, 1.807) is 7.11 Å². The number of rotatable bonds is 6. The van der Waals surface area contributed by atoms with Crippen molar-refractivity contribution in [2.45, 2.75) is 25.3 Å². The molecule has 2 aromatic carbocycles. The molecule has 0 radical (unpaired) electrons. The highest BCUT2D eigenvalue weighted by molar-refractivity contribution is 6.05. The Morgan fingerprint density at radius 1 is 1.18 bits per heavy atom. The van der Waals surface area contributed by atoms with Crippen molar-refractivity contribution >= 4 is 21.8 Å². The number of aromatic nitrogens is 5. The van der Waals surface area contributed by atoms with Crippen molar-refractivity contribution in [1.82, 2.24) is 24.5 Å². The zero-order valence-electron chi connectivity index (χ0n) is 19.4. The molecule has 34 heavy (non-hydrogen) atoms. The number of nitrogens with zero attached hydrogens (tertiary/aromatic N) is 4. The van der Waals surface area contributed by atoms with Gasteiger partial charge in [0.2, 0.25) is 0 Å². The van der Waals surface area contributed by atoms with E-state index in [-0.39, 0.29) is 17.3 Å². The summed E-state index contributed by atoms with van der Waals surface area (Å²) in [5.74, 6) is -0.264. The van der Waals surface area contributed by atoms with Crippen molar-refractivity contribution in [2.75, 3.05) is 26.9 Å². The van der Waals surface area contributed by atoms with Crippen LogP contribution in [0, 0.1) is 5.82 Å². The lowest BCUT2D eigenvalue weighted by Gasteiger charge is -2.28. The average molecular weight is 460 g/mol. The second-order valence-electron chi connectivity index (χ2n) is 9.58. The number of fused-ring (bicyclic) bond motifs is 2. The van der Waals surface area contributed by atoms with E-state index in [4.69, 9.17) is 9.47 Å². The SMILES string of the molecule is COCC(C)(C)c1c(-c2cnn(C3COC3)c2)c2cc3[nH]ncc3cc2n1-c1ccc(F)cc1. The summed E-state index contributed by atoms with van der Waals surface area (Å²) in [6.45, 7) is 6.21. The first kappa shape index (κ1) is 21.1. The van der Waals surface area contributed by atoms with Gasteiger partial charge in [-0.15, -0.1) is 0 Å². The maximum absolute atomic E-state index is 13.9. The summed E-state index contributed by atoms with van der Waals surface area (Å²) in [6.07, 6.45) is 5.84. The lowest BCUT2D eigenvalue weighted by Crippen LogP contribution is -2.30. The van der Waals surface area contributed by atoms with Crippen LogP contribution >= 0.6 is 0 Å². The fraction of sp³-hybridized carbons (Fsp3) is 0.308. The van der Waals surface area contributed by atoms with E-state index in [0.717, 1.165) is 44.3 Å². The molecule has 1 aliphatic rings. The van der Waals surface area contributed by atoms with E-state index in [1.807, 2.05) is 29.2 Å². The molecule has 0 bridgehead atoms. The van der Waals surface area contributed by atoms with E-state index in [0.29, 0.717) is 19.8 Å². The van der Waals surface area contributed by atoms with Crippen molar-refractivity contribution in [3.05, 3.63) is 66.5 Å². The second-order valence-corrected chi connectivity index (χ2v) is 9.58. The molecule has 174 valence electrons. The third-order valence-corrected chi connectivity index (χ3v) is 6.64. The Labute approximate surface area is 196 Å². The third-order valence-electron chi connectivity index (χ3n) is 6.64. The first-order valence-corrected chi connectivity index (χ1v) is 11.4. The highest BCUT2D eigenvalue weighted by Gasteiger charge is 2.33. The largest absolute Gasteiger partial charge is 0.384 e. The maximum Gasteiger partial charge on any atom is 0.123 e. The Hall–Kier alpha value is -3.49. The van der Waals surface area contributed by atoms with Gasteiger partial charge in [-0.2, -0.15) is 10.2 Å². The number of aromatic amines is 1. The first-order valence-electron chi connectivity index (χ1n) is 11.4. The van der Waals surface area contributed by atoms with Gasteiger partial charge >= 0.3 is 0 Å². The molecule has 0 aliphatic carbocycles. The zero-order valence-corrected chi connectivity index (χ0v) is 19.4. The molecule has 3 aromatic heterocycles. The highest BCUT2D eigenvalue weighted by Crippen LogP contribution is 2.44. The van der Waals surface area contributed by atoms with Gasteiger partial charge in [0.25, 0.3) is 0 Å². The summed E-state index contributed by atoms with van der Waals surface area (Å²) in [4.78, 5) is 0. The Kier molecular flexibility index (Phi) is 4.82. The van der Waals surface area contributed by atoms with Gasteiger partial charge in [0.05, 0.1) is 49.3 Å². The predicted octanol–water partition coefficient (Wildman–Crippen LogP) is 5.00. The predicted molar refractivity (Wildman–Crippen MR) is 129 cm³/mol. The van der Waals surface area contributed by atoms with Crippen LogP contribution in [0.4, 0.5) is 4.39 Å². The van der Waals surface area contributed by atoms with Crippen molar-refractivity contribution in [1.29, 1.82) is 0 Å². The summed E-state index contributed by atoms with van der Waals surface area (Å²) in [5.41, 5.74) is 5.71.